The minimum Gasteiger partial charge on any atom is -0.394 e. The van der Waals surface area contributed by atoms with Gasteiger partial charge in [-0.2, -0.15) is 0 Å². The molecule has 3 nitrogen and oxygen atoms in total. The van der Waals surface area contributed by atoms with Crippen LogP contribution in [0, 0.1) is 11.8 Å². The van der Waals surface area contributed by atoms with E-state index in [0.29, 0.717) is 12.3 Å². The summed E-state index contributed by atoms with van der Waals surface area (Å²) in [5.74, 6) is 0.671. The first-order chi connectivity index (χ1) is 7.97. The maximum absolute atomic E-state index is 12.3. The molecule has 0 aliphatic carbocycles. The van der Waals surface area contributed by atoms with Crippen LogP contribution in [0.4, 0.5) is 4.39 Å². The second kappa shape index (κ2) is 8.84. The van der Waals surface area contributed by atoms with E-state index in [1.165, 1.54) is 0 Å². The summed E-state index contributed by atoms with van der Waals surface area (Å²) < 4.78 is 12.3. The molecule has 0 aromatic rings. The quantitative estimate of drug-likeness (QED) is 0.518. The van der Waals surface area contributed by atoms with Gasteiger partial charge in [0.05, 0.1) is 25.4 Å². The monoisotopic (exact) mass is 249 g/mol. The van der Waals surface area contributed by atoms with Crippen LogP contribution in [0.1, 0.15) is 46.0 Å². The number of hydrogen-bond donors (Lipinski definition) is 3. The number of alkyl halides is 1. The van der Waals surface area contributed by atoms with Gasteiger partial charge in [0.25, 0.3) is 0 Å². The lowest BCUT2D eigenvalue weighted by Gasteiger charge is -2.24. The number of halogens is 1. The lowest BCUT2D eigenvalue weighted by atomic mass is 9.90. The molecule has 0 aromatic heterocycles. The molecule has 0 radical (unpaired) electrons. The van der Waals surface area contributed by atoms with E-state index in [2.05, 4.69) is 6.92 Å². The van der Waals surface area contributed by atoms with Crippen LogP contribution in [-0.2, 0) is 0 Å². The van der Waals surface area contributed by atoms with Crippen molar-refractivity contribution in [3.8, 4) is 0 Å². The summed E-state index contributed by atoms with van der Waals surface area (Å²) in [6, 6.07) is 0. The zero-order valence-corrected chi connectivity index (χ0v) is 11.2. The van der Waals surface area contributed by atoms with Crippen molar-refractivity contribution >= 4 is 0 Å². The van der Waals surface area contributed by atoms with Crippen LogP contribution in [0.3, 0.4) is 0 Å². The van der Waals surface area contributed by atoms with Gasteiger partial charge < -0.3 is 15.9 Å². The van der Waals surface area contributed by atoms with E-state index in [1.54, 1.807) is 0 Å². The molecule has 104 valence electrons. The van der Waals surface area contributed by atoms with Gasteiger partial charge in [0, 0.05) is 0 Å². The molecule has 2 atom stereocenters. The van der Waals surface area contributed by atoms with Crippen molar-refractivity contribution in [2.24, 2.45) is 17.6 Å². The SMILES string of the molecule is CC(CF)CC(C)CCCCC(N)(CO)CO. The first-order valence-corrected chi connectivity index (χ1v) is 6.54. The number of aliphatic hydroxyl groups excluding tert-OH is 2. The third-order valence-electron chi connectivity index (χ3n) is 3.32. The third-order valence-corrected chi connectivity index (χ3v) is 3.32. The topological polar surface area (TPSA) is 66.5 Å². The lowest BCUT2D eigenvalue weighted by Crippen LogP contribution is -2.47. The number of rotatable bonds is 10. The molecule has 0 rings (SSSR count). The number of unbranched alkanes of at least 4 members (excludes halogenated alkanes) is 1. The van der Waals surface area contributed by atoms with Crippen LogP contribution in [0.5, 0.6) is 0 Å². The summed E-state index contributed by atoms with van der Waals surface area (Å²) in [5.41, 5.74) is 4.93. The smallest absolute Gasteiger partial charge is 0.0920 e. The normalized spacial score (nSPS) is 15.9. The fraction of sp³-hybridized carbons (Fsp3) is 1.00. The zero-order chi connectivity index (χ0) is 13.3. The molecule has 0 fully saturated rings. The van der Waals surface area contributed by atoms with Crippen LogP contribution < -0.4 is 5.73 Å². The fourth-order valence-corrected chi connectivity index (χ4v) is 2.05. The molecule has 0 aliphatic rings. The Morgan fingerprint density at radius 1 is 1.12 bits per heavy atom. The van der Waals surface area contributed by atoms with Crippen molar-refractivity contribution < 1.29 is 14.6 Å². The molecule has 2 unspecified atom stereocenters. The predicted octanol–water partition coefficient (Wildman–Crippen LogP) is 1.86. The molecule has 17 heavy (non-hydrogen) atoms. The highest BCUT2D eigenvalue weighted by Crippen LogP contribution is 2.20. The average Bonchev–Trinajstić information content (AvgIpc) is 2.34. The van der Waals surface area contributed by atoms with Gasteiger partial charge in [-0.05, 0) is 24.7 Å². The molecule has 0 heterocycles. The van der Waals surface area contributed by atoms with Gasteiger partial charge in [0.1, 0.15) is 0 Å². The molecule has 0 saturated carbocycles. The second-order valence-corrected chi connectivity index (χ2v) is 5.52. The Morgan fingerprint density at radius 3 is 2.18 bits per heavy atom. The fourth-order valence-electron chi connectivity index (χ4n) is 2.05. The van der Waals surface area contributed by atoms with Crippen LogP contribution >= 0.6 is 0 Å². The van der Waals surface area contributed by atoms with E-state index in [1.807, 2.05) is 6.92 Å². The maximum atomic E-state index is 12.3. The molecule has 0 bridgehead atoms. The van der Waals surface area contributed by atoms with E-state index in [9.17, 15) is 4.39 Å². The highest BCUT2D eigenvalue weighted by molar-refractivity contribution is 4.82. The van der Waals surface area contributed by atoms with Gasteiger partial charge in [-0.1, -0.05) is 33.1 Å². The lowest BCUT2D eigenvalue weighted by molar-refractivity contribution is 0.112. The molecule has 0 aromatic carbocycles. The van der Waals surface area contributed by atoms with Crippen molar-refractivity contribution in [3.05, 3.63) is 0 Å². The average molecular weight is 249 g/mol. The van der Waals surface area contributed by atoms with E-state index in [-0.39, 0.29) is 25.8 Å². The Balaban J connectivity index is 3.63. The molecule has 0 spiro atoms. The Bertz CT molecular complexity index is 186. The largest absolute Gasteiger partial charge is 0.394 e. The Morgan fingerprint density at radius 2 is 1.71 bits per heavy atom. The summed E-state index contributed by atoms with van der Waals surface area (Å²) in [5, 5.41) is 18.0. The van der Waals surface area contributed by atoms with Gasteiger partial charge in [0.2, 0.25) is 0 Å². The van der Waals surface area contributed by atoms with Gasteiger partial charge in [-0.25, -0.2) is 0 Å². The maximum Gasteiger partial charge on any atom is 0.0920 e. The number of nitrogens with two attached hydrogens (primary N) is 1. The van der Waals surface area contributed by atoms with E-state index < -0.39 is 5.54 Å². The van der Waals surface area contributed by atoms with Gasteiger partial charge >= 0.3 is 0 Å². The molecule has 0 saturated heterocycles. The standard InChI is InChI=1S/C13H28FNO2/c1-11(7-12(2)8-14)5-3-4-6-13(15,9-16)10-17/h11-12,16-17H,3-10,15H2,1-2H3. The predicted molar refractivity (Wildman–Crippen MR) is 68.5 cm³/mol. The first-order valence-electron chi connectivity index (χ1n) is 6.54. The van der Waals surface area contributed by atoms with Gasteiger partial charge in [0.15, 0.2) is 0 Å². The van der Waals surface area contributed by atoms with Crippen LogP contribution in [-0.4, -0.2) is 35.6 Å². The van der Waals surface area contributed by atoms with Crippen LogP contribution in [0.2, 0.25) is 0 Å². The summed E-state index contributed by atoms with van der Waals surface area (Å²) in [4.78, 5) is 0. The number of hydrogen-bond acceptors (Lipinski definition) is 3. The minimum absolute atomic E-state index is 0.147. The summed E-state index contributed by atoms with van der Waals surface area (Å²) in [6.07, 6.45) is 4.51. The summed E-state index contributed by atoms with van der Waals surface area (Å²) in [7, 11) is 0. The van der Waals surface area contributed by atoms with Crippen molar-refractivity contribution in [1.29, 1.82) is 0 Å². The second-order valence-electron chi connectivity index (χ2n) is 5.52. The van der Waals surface area contributed by atoms with Gasteiger partial charge in [-0.15, -0.1) is 0 Å². The van der Waals surface area contributed by atoms with Crippen molar-refractivity contribution in [2.75, 3.05) is 19.9 Å². The number of aliphatic hydroxyl groups is 2. The highest BCUT2D eigenvalue weighted by atomic mass is 19.1. The van der Waals surface area contributed by atoms with Crippen LogP contribution in [0.25, 0.3) is 0 Å². The minimum atomic E-state index is -0.838. The first kappa shape index (κ1) is 16.8. The molecule has 0 amide bonds. The summed E-state index contributed by atoms with van der Waals surface area (Å²) in [6.45, 7) is 3.46. The van der Waals surface area contributed by atoms with Crippen LogP contribution in [0.15, 0.2) is 0 Å². The van der Waals surface area contributed by atoms with Crippen molar-refractivity contribution in [2.45, 2.75) is 51.5 Å². The van der Waals surface area contributed by atoms with E-state index >= 15 is 0 Å². The van der Waals surface area contributed by atoms with E-state index in [0.717, 1.165) is 25.7 Å². The summed E-state index contributed by atoms with van der Waals surface area (Å²) >= 11 is 0. The molecular formula is C13H28FNO2. The Kier molecular flexibility index (Phi) is 8.74. The van der Waals surface area contributed by atoms with Crippen molar-refractivity contribution in [1.82, 2.24) is 0 Å². The zero-order valence-electron chi connectivity index (χ0n) is 11.2. The molecule has 4 N–H and O–H groups in total. The molecule has 4 heteroatoms. The Hall–Kier alpha value is -0.190. The molecular weight excluding hydrogens is 221 g/mol. The highest BCUT2D eigenvalue weighted by Gasteiger charge is 2.22. The van der Waals surface area contributed by atoms with Gasteiger partial charge in [-0.3, -0.25) is 4.39 Å². The molecule has 0 aliphatic heterocycles. The third kappa shape index (κ3) is 7.68. The van der Waals surface area contributed by atoms with Crippen molar-refractivity contribution in [3.63, 3.8) is 0 Å². The Labute approximate surface area is 104 Å². The van der Waals surface area contributed by atoms with E-state index in [4.69, 9.17) is 15.9 Å².